The molecular formula is C14H20N4O. The van der Waals surface area contributed by atoms with Gasteiger partial charge in [-0.1, -0.05) is 13.8 Å². The van der Waals surface area contributed by atoms with Crippen molar-refractivity contribution < 1.29 is 0 Å². The molecular weight excluding hydrogens is 240 g/mol. The smallest absolute Gasteiger partial charge is 0.254 e. The van der Waals surface area contributed by atoms with Crippen LogP contribution in [0.25, 0.3) is 11.4 Å². The molecule has 0 spiro atoms. The van der Waals surface area contributed by atoms with E-state index in [1.807, 2.05) is 41.7 Å². The van der Waals surface area contributed by atoms with Gasteiger partial charge in [0.1, 0.15) is 5.82 Å². The van der Waals surface area contributed by atoms with Gasteiger partial charge in [0.15, 0.2) is 0 Å². The fourth-order valence-corrected chi connectivity index (χ4v) is 2.51. The Bertz CT molecular complexity index is 679. The average molecular weight is 260 g/mol. The Morgan fingerprint density at radius 3 is 2.21 bits per heavy atom. The molecule has 19 heavy (non-hydrogen) atoms. The quantitative estimate of drug-likeness (QED) is 0.900. The molecule has 0 saturated carbocycles. The van der Waals surface area contributed by atoms with Crippen molar-refractivity contribution in [2.24, 2.45) is 7.05 Å². The van der Waals surface area contributed by atoms with Crippen LogP contribution in [0.4, 0.5) is 0 Å². The highest BCUT2D eigenvalue weighted by molar-refractivity contribution is 5.61. The van der Waals surface area contributed by atoms with Crippen molar-refractivity contribution in [3.8, 4) is 11.4 Å². The van der Waals surface area contributed by atoms with Crippen LogP contribution < -0.4 is 5.56 Å². The second-order valence-corrected chi connectivity index (χ2v) is 5.24. The summed E-state index contributed by atoms with van der Waals surface area (Å²) in [6, 6.07) is 0. The second-order valence-electron chi connectivity index (χ2n) is 5.24. The van der Waals surface area contributed by atoms with E-state index >= 15 is 0 Å². The lowest BCUT2D eigenvalue weighted by Gasteiger charge is -2.10. The van der Waals surface area contributed by atoms with E-state index in [1.165, 1.54) is 0 Å². The first-order chi connectivity index (χ1) is 8.82. The van der Waals surface area contributed by atoms with Crippen LogP contribution in [0.15, 0.2) is 4.79 Å². The predicted octanol–water partition coefficient (Wildman–Crippen LogP) is 2.22. The Hall–Kier alpha value is -1.91. The molecule has 0 amide bonds. The molecule has 0 radical (unpaired) electrons. The van der Waals surface area contributed by atoms with Crippen LogP contribution in [-0.4, -0.2) is 19.7 Å². The molecule has 0 aliphatic heterocycles. The zero-order chi connectivity index (χ0) is 14.3. The van der Waals surface area contributed by atoms with Gasteiger partial charge >= 0.3 is 0 Å². The third-order valence-electron chi connectivity index (χ3n) is 3.47. The predicted molar refractivity (Wildman–Crippen MR) is 75.4 cm³/mol. The van der Waals surface area contributed by atoms with Crippen molar-refractivity contribution in [1.82, 2.24) is 19.7 Å². The number of aryl methyl sites for hydroxylation is 3. The number of aromatic nitrogens is 4. The molecule has 0 bridgehead atoms. The lowest BCUT2D eigenvalue weighted by molar-refractivity contribution is 0.731. The number of aromatic amines is 1. The van der Waals surface area contributed by atoms with Gasteiger partial charge in [-0.05, 0) is 26.7 Å². The van der Waals surface area contributed by atoms with Gasteiger partial charge in [-0.25, -0.2) is 4.98 Å². The van der Waals surface area contributed by atoms with E-state index in [2.05, 4.69) is 15.1 Å². The zero-order valence-corrected chi connectivity index (χ0v) is 12.3. The first-order valence-corrected chi connectivity index (χ1v) is 6.44. The molecule has 0 atom stereocenters. The molecule has 5 nitrogen and oxygen atoms in total. The van der Waals surface area contributed by atoms with Gasteiger partial charge in [-0.3, -0.25) is 9.48 Å². The van der Waals surface area contributed by atoms with Crippen LogP contribution in [0, 0.1) is 20.8 Å². The largest absolute Gasteiger partial charge is 0.306 e. The molecule has 0 fully saturated rings. The Morgan fingerprint density at radius 2 is 1.79 bits per heavy atom. The van der Waals surface area contributed by atoms with Crippen LogP contribution in [0.2, 0.25) is 0 Å². The maximum atomic E-state index is 12.2. The van der Waals surface area contributed by atoms with Crippen molar-refractivity contribution in [1.29, 1.82) is 0 Å². The minimum atomic E-state index is -0.0554. The lowest BCUT2D eigenvalue weighted by atomic mass is 10.0. The minimum absolute atomic E-state index is 0.0554. The number of hydrogen-bond acceptors (Lipinski definition) is 3. The Balaban J connectivity index is 2.69. The maximum absolute atomic E-state index is 12.2. The third-order valence-corrected chi connectivity index (χ3v) is 3.47. The SMILES string of the molecule is Cc1nn(C)c(C)c1-c1nc(C)c(C(C)C)c(=O)[nH]1. The maximum Gasteiger partial charge on any atom is 0.254 e. The number of nitrogens with zero attached hydrogens (tertiary/aromatic N) is 3. The number of H-pyrrole nitrogens is 1. The number of hydrogen-bond donors (Lipinski definition) is 1. The molecule has 2 aromatic rings. The zero-order valence-electron chi connectivity index (χ0n) is 12.3. The molecule has 0 unspecified atom stereocenters. The number of nitrogens with one attached hydrogen (secondary N) is 1. The molecule has 1 N–H and O–H groups in total. The fraction of sp³-hybridized carbons (Fsp3) is 0.500. The Kier molecular flexibility index (Phi) is 3.30. The van der Waals surface area contributed by atoms with Crippen LogP contribution in [0.1, 0.15) is 42.4 Å². The van der Waals surface area contributed by atoms with Crippen LogP contribution in [0.3, 0.4) is 0 Å². The van der Waals surface area contributed by atoms with E-state index in [0.717, 1.165) is 28.2 Å². The summed E-state index contributed by atoms with van der Waals surface area (Å²) < 4.78 is 1.80. The van der Waals surface area contributed by atoms with Crippen LogP contribution in [-0.2, 0) is 7.05 Å². The third kappa shape index (κ3) is 2.20. The highest BCUT2D eigenvalue weighted by Crippen LogP contribution is 2.23. The summed E-state index contributed by atoms with van der Waals surface area (Å²) in [6.07, 6.45) is 0. The molecule has 2 heterocycles. The first-order valence-electron chi connectivity index (χ1n) is 6.44. The van der Waals surface area contributed by atoms with Crippen molar-refractivity contribution in [3.05, 3.63) is 33.0 Å². The summed E-state index contributed by atoms with van der Waals surface area (Å²) in [7, 11) is 1.89. The van der Waals surface area contributed by atoms with Gasteiger partial charge in [0.25, 0.3) is 5.56 Å². The van der Waals surface area contributed by atoms with Crippen molar-refractivity contribution in [2.75, 3.05) is 0 Å². The molecule has 0 aliphatic carbocycles. The minimum Gasteiger partial charge on any atom is -0.306 e. The van der Waals surface area contributed by atoms with E-state index < -0.39 is 0 Å². The molecule has 5 heteroatoms. The van der Waals surface area contributed by atoms with Gasteiger partial charge in [-0.2, -0.15) is 5.10 Å². The number of rotatable bonds is 2. The van der Waals surface area contributed by atoms with Crippen LogP contribution in [0.5, 0.6) is 0 Å². The summed E-state index contributed by atoms with van der Waals surface area (Å²) in [6.45, 7) is 9.78. The van der Waals surface area contributed by atoms with Crippen molar-refractivity contribution in [2.45, 2.75) is 40.5 Å². The summed E-state index contributed by atoms with van der Waals surface area (Å²) in [4.78, 5) is 19.6. The first kappa shape index (κ1) is 13.5. The van der Waals surface area contributed by atoms with E-state index in [0.29, 0.717) is 5.82 Å². The summed E-state index contributed by atoms with van der Waals surface area (Å²) in [5.74, 6) is 0.774. The summed E-state index contributed by atoms with van der Waals surface area (Å²) >= 11 is 0. The monoisotopic (exact) mass is 260 g/mol. The topological polar surface area (TPSA) is 63.6 Å². The lowest BCUT2D eigenvalue weighted by Crippen LogP contribution is -2.18. The Morgan fingerprint density at radius 1 is 1.16 bits per heavy atom. The van der Waals surface area contributed by atoms with Gasteiger partial charge in [-0.15, -0.1) is 0 Å². The average Bonchev–Trinajstić information content (AvgIpc) is 2.51. The molecule has 0 saturated heterocycles. The highest BCUT2D eigenvalue weighted by atomic mass is 16.1. The van der Waals surface area contributed by atoms with Crippen molar-refractivity contribution in [3.63, 3.8) is 0 Å². The molecule has 102 valence electrons. The molecule has 0 aromatic carbocycles. The van der Waals surface area contributed by atoms with Gasteiger partial charge < -0.3 is 4.98 Å². The van der Waals surface area contributed by atoms with Crippen LogP contribution >= 0.6 is 0 Å². The molecule has 0 aliphatic rings. The second kappa shape index (κ2) is 4.64. The Labute approximate surface area is 112 Å². The summed E-state index contributed by atoms with van der Waals surface area (Å²) in [5.41, 5.74) is 4.27. The van der Waals surface area contributed by atoms with E-state index in [9.17, 15) is 4.79 Å². The van der Waals surface area contributed by atoms with Gasteiger partial charge in [0, 0.05) is 24.0 Å². The van der Waals surface area contributed by atoms with E-state index in [4.69, 9.17) is 0 Å². The molecule has 2 rings (SSSR count). The van der Waals surface area contributed by atoms with Gasteiger partial charge in [0.2, 0.25) is 0 Å². The summed E-state index contributed by atoms with van der Waals surface area (Å²) in [5, 5.41) is 4.36. The van der Waals surface area contributed by atoms with Gasteiger partial charge in [0.05, 0.1) is 11.3 Å². The normalized spacial score (nSPS) is 11.3. The standard InChI is InChI=1S/C14H20N4O/c1-7(2)11-8(3)15-13(16-14(11)19)12-9(4)17-18(6)10(12)5/h7H,1-6H3,(H,15,16,19). The van der Waals surface area contributed by atoms with E-state index in [-0.39, 0.29) is 11.5 Å². The highest BCUT2D eigenvalue weighted by Gasteiger charge is 2.17. The van der Waals surface area contributed by atoms with Crippen molar-refractivity contribution >= 4 is 0 Å². The fourth-order valence-electron chi connectivity index (χ4n) is 2.51. The van der Waals surface area contributed by atoms with E-state index in [1.54, 1.807) is 4.68 Å². The molecule has 2 aromatic heterocycles.